The Bertz CT molecular complexity index is 898. The van der Waals surface area contributed by atoms with E-state index in [0.717, 1.165) is 29.3 Å². The molecule has 0 aromatic heterocycles. The van der Waals surface area contributed by atoms with E-state index in [9.17, 15) is 17.2 Å². The van der Waals surface area contributed by atoms with Crippen LogP contribution in [0.5, 0.6) is 0 Å². The molecule has 1 unspecified atom stereocenters. The van der Waals surface area contributed by atoms with E-state index >= 15 is 0 Å². The van der Waals surface area contributed by atoms with Crippen LogP contribution in [0.2, 0.25) is 0 Å². The lowest BCUT2D eigenvalue weighted by Crippen LogP contribution is -2.44. The van der Waals surface area contributed by atoms with Gasteiger partial charge in [-0.2, -0.15) is 0 Å². The topological polar surface area (TPSA) is 58.6 Å². The lowest BCUT2D eigenvalue weighted by molar-refractivity contribution is 0.0172. The van der Waals surface area contributed by atoms with Gasteiger partial charge in [0.15, 0.2) is 0 Å². The quantitative estimate of drug-likeness (QED) is 0.763. The van der Waals surface area contributed by atoms with E-state index in [1.165, 1.54) is 0 Å². The highest BCUT2D eigenvalue weighted by atomic mass is 32.2. The van der Waals surface area contributed by atoms with Crippen LogP contribution in [0, 0.1) is 18.6 Å². The SMILES string of the molecule is Cc1ccc(C(CNS(=O)(=O)Cc2cc(F)ccc2F)N2CCOCC2)cc1. The summed E-state index contributed by atoms with van der Waals surface area (Å²) in [6.45, 7) is 4.69. The Hall–Kier alpha value is -1.87. The molecule has 28 heavy (non-hydrogen) atoms. The van der Waals surface area contributed by atoms with Crippen LogP contribution in [0.1, 0.15) is 22.7 Å². The molecule has 3 rings (SSSR count). The van der Waals surface area contributed by atoms with E-state index in [2.05, 4.69) is 9.62 Å². The minimum absolute atomic E-state index is 0.141. The van der Waals surface area contributed by atoms with Crippen molar-refractivity contribution in [3.8, 4) is 0 Å². The lowest BCUT2D eigenvalue weighted by atomic mass is 10.0. The maximum atomic E-state index is 13.8. The molecule has 2 aromatic carbocycles. The molecule has 152 valence electrons. The second-order valence-corrected chi connectivity index (χ2v) is 8.72. The first-order valence-corrected chi connectivity index (χ1v) is 10.8. The molecular formula is C20H24F2N2O3S. The van der Waals surface area contributed by atoms with Crippen molar-refractivity contribution < 1.29 is 21.9 Å². The maximum absolute atomic E-state index is 13.8. The molecule has 1 atom stereocenters. The summed E-state index contributed by atoms with van der Waals surface area (Å²) in [6, 6.07) is 10.6. The Morgan fingerprint density at radius 1 is 1.11 bits per heavy atom. The molecule has 1 aliphatic heterocycles. The average Bonchev–Trinajstić information content (AvgIpc) is 2.67. The molecule has 2 aromatic rings. The molecule has 1 N–H and O–H groups in total. The first-order chi connectivity index (χ1) is 13.3. The fourth-order valence-corrected chi connectivity index (χ4v) is 4.40. The van der Waals surface area contributed by atoms with Gasteiger partial charge in [-0.3, -0.25) is 4.90 Å². The number of hydrogen-bond acceptors (Lipinski definition) is 4. The molecule has 0 bridgehead atoms. The average molecular weight is 410 g/mol. The van der Waals surface area contributed by atoms with Gasteiger partial charge in [-0.1, -0.05) is 29.8 Å². The molecule has 0 radical (unpaired) electrons. The second-order valence-electron chi connectivity index (χ2n) is 6.92. The number of aryl methyl sites for hydroxylation is 1. The van der Waals surface area contributed by atoms with Crippen molar-refractivity contribution in [1.82, 2.24) is 9.62 Å². The lowest BCUT2D eigenvalue weighted by Gasteiger charge is -2.35. The van der Waals surface area contributed by atoms with Gasteiger partial charge < -0.3 is 4.74 Å². The van der Waals surface area contributed by atoms with Gasteiger partial charge in [0.25, 0.3) is 0 Å². The molecule has 0 aliphatic carbocycles. The zero-order valence-electron chi connectivity index (χ0n) is 15.7. The van der Waals surface area contributed by atoms with Crippen LogP contribution in [0.4, 0.5) is 8.78 Å². The first-order valence-electron chi connectivity index (χ1n) is 9.14. The van der Waals surface area contributed by atoms with Crippen LogP contribution in [-0.4, -0.2) is 46.2 Å². The summed E-state index contributed by atoms with van der Waals surface area (Å²) in [4.78, 5) is 2.17. The van der Waals surface area contributed by atoms with E-state index in [-0.39, 0.29) is 18.2 Å². The maximum Gasteiger partial charge on any atom is 0.215 e. The van der Waals surface area contributed by atoms with E-state index in [1.807, 2.05) is 31.2 Å². The van der Waals surface area contributed by atoms with Crippen molar-refractivity contribution in [2.75, 3.05) is 32.8 Å². The minimum Gasteiger partial charge on any atom is -0.379 e. The fourth-order valence-electron chi connectivity index (χ4n) is 3.25. The minimum atomic E-state index is -3.84. The number of halogens is 2. The Labute approximate surface area is 164 Å². The number of nitrogens with zero attached hydrogens (tertiary/aromatic N) is 1. The van der Waals surface area contributed by atoms with Crippen LogP contribution >= 0.6 is 0 Å². The number of rotatable bonds is 7. The zero-order chi connectivity index (χ0) is 20.1. The van der Waals surface area contributed by atoms with E-state index < -0.39 is 27.4 Å². The van der Waals surface area contributed by atoms with Crippen LogP contribution in [-0.2, 0) is 20.5 Å². The number of nitrogens with one attached hydrogen (secondary N) is 1. The van der Waals surface area contributed by atoms with Crippen LogP contribution in [0.25, 0.3) is 0 Å². The number of benzene rings is 2. The molecule has 1 aliphatic rings. The van der Waals surface area contributed by atoms with Gasteiger partial charge in [-0.15, -0.1) is 0 Å². The summed E-state index contributed by atoms with van der Waals surface area (Å²) in [5.74, 6) is -2.02. The zero-order valence-corrected chi connectivity index (χ0v) is 16.5. The van der Waals surface area contributed by atoms with E-state index in [1.54, 1.807) is 0 Å². The smallest absolute Gasteiger partial charge is 0.215 e. The van der Waals surface area contributed by atoms with Gasteiger partial charge in [0.05, 0.1) is 19.0 Å². The van der Waals surface area contributed by atoms with E-state index in [4.69, 9.17) is 4.74 Å². The molecule has 1 heterocycles. The molecule has 1 saturated heterocycles. The Morgan fingerprint density at radius 3 is 2.46 bits per heavy atom. The normalized spacial score (nSPS) is 16.8. The van der Waals surface area contributed by atoms with Crippen molar-refractivity contribution in [2.24, 2.45) is 0 Å². The van der Waals surface area contributed by atoms with Gasteiger partial charge in [0, 0.05) is 31.2 Å². The van der Waals surface area contributed by atoms with E-state index in [0.29, 0.717) is 26.3 Å². The highest BCUT2D eigenvalue weighted by Crippen LogP contribution is 2.22. The van der Waals surface area contributed by atoms with Gasteiger partial charge in [0.1, 0.15) is 11.6 Å². The summed E-state index contributed by atoms with van der Waals surface area (Å²) >= 11 is 0. The predicted octanol–water partition coefficient (Wildman–Crippen LogP) is 2.77. The van der Waals surface area contributed by atoms with Crippen LogP contribution < -0.4 is 4.72 Å². The van der Waals surface area contributed by atoms with Gasteiger partial charge in [-0.05, 0) is 30.7 Å². The third-order valence-corrected chi connectivity index (χ3v) is 6.10. The molecule has 0 spiro atoms. The third kappa shape index (κ3) is 5.57. The number of hydrogen-bond donors (Lipinski definition) is 1. The number of morpholine rings is 1. The number of sulfonamides is 1. The van der Waals surface area contributed by atoms with Crippen molar-refractivity contribution in [2.45, 2.75) is 18.7 Å². The molecule has 8 heteroatoms. The highest BCUT2D eigenvalue weighted by Gasteiger charge is 2.25. The summed E-state index contributed by atoms with van der Waals surface area (Å²) in [7, 11) is -3.84. The predicted molar refractivity (Wildman–Crippen MR) is 103 cm³/mol. The monoisotopic (exact) mass is 410 g/mol. The Kier molecular flexibility index (Phi) is 6.77. The fraction of sp³-hybridized carbons (Fsp3) is 0.400. The standard InChI is InChI=1S/C20H24F2N2O3S/c1-15-2-4-16(5-3-15)20(24-8-10-27-11-9-24)13-23-28(25,26)14-17-12-18(21)6-7-19(17)22/h2-7,12,20,23H,8-11,13-14H2,1H3. The largest absolute Gasteiger partial charge is 0.379 e. The second kappa shape index (κ2) is 9.09. The summed E-state index contributed by atoms with van der Waals surface area (Å²) in [5.41, 5.74) is 1.92. The van der Waals surface area contributed by atoms with Crippen molar-refractivity contribution in [1.29, 1.82) is 0 Å². The van der Waals surface area contributed by atoms with Crippen molar-refractivity contribution in [3.05, 3.63) is 70.8 Å². The van der Waals surface area contributed by atoms with Crippen molar-refractivity contribution in [3.63, 3.8) is 0 Å². The molecule has 0 amide bonds. The van der Waals surface area contributed by atoms with Crippen LogP contribution in [0.3, 0.4) is 0 Å². The molecule has 0 saturated carbocycles. The molecule has 1 fully saturated rings. The Balaban J connectivity index is 1.74. The first kappa shape index (κ1) is 20.9. The summed E-state index contributed by atoms with van der Waals surface area (Å²) < 4.78 is 60.1. The van der Waals surface area contributed by atoms with Gasteiger partial charge in [-0.25, -0.2) is 21.9 Å². The van der Waals surface area contributed by atoms with Gasteiger partial charge >= 0.3 is 0 Å². The number of ether oxygens (including phenoxy) is 1. The summed E-state index contributed by atoms with van der Waals surface area (Å²) in [5, 5.41) is 0. The van der Waals surface area contributed by atoms with Gasteiger partial charge in [0.2, 0.25) is 10.0 Å². The summed E-state index contributed by atoms with van der Waals surface area (Å²) in [6.07, 6.45) is 0. The van der Waals surface area contributed by atoms with Crippen LogP contribution in [0.15, 0.2) is 42.5 Å². The third-order valence-electron chi connectivity index (χ3n) is 4.80. The highest BCUT2D eigenvalue weighted by molar-refractivity contribution is 7.88. The Morgan fingerprint density at radius 2 is 1.79 bits per heavy atom. The van der Waals surface area contributed by atoms with Crippen molar-refractivity contribution >= 4 is 10.0 Å². The molecule has 5 nitrogen and oxygen atoms in total. The molecular weight excluding hydrogens is 386 g/mol.